The van der Waals surface area contributed by atoms with Crippen molar-refractivity contribution in [1.82, 2.24) is 19.9 Å². The molecular formula is C21H19N5O. The Balaban J connectivity index is 1.82. The van der Waals surface area contributed by atoms with Crippen molar-refractivity contribution < 1.29 is 5.11 Å². The van der Waals surface area contributed by atoms with Gasteiger partial charge in [0.25, 0.3) is 0 Å². The molecule has 0 bridgehead atoms. The Bertz CT molecular complexity index is 1040. The molecule has 2 atom stereocenters. The fourth-order valence-corrected chi connectivity index (χ4v) is 3.01. The summed E-state index contributed by atoms with van der Waals surface area (Å²) in [5, 5.41) is 14.6. The number of aliphatic hydroxyl groups is 1. The van der Waals surface area contributed by atoms with Gasteiger partial charge >= 0.3 is 0 Å². The van der Waals surface area contributed by atoms with Crippen LogP contribution in [0.1, 0.15) is 18.5 Å². The van der Waals surface area contributed by atoms with Crippen LogP contribution in [0, 0.1) is 0 Å². The molecule has 0 saturated carbocycles. The van der Waals surface area contributed by atoms with Crippen molar-refractivity contribution in [3.8, 4) is 11.4 Å². The van der Waals surface area contributed by atoms with E-state index < -0.39 is 6.10 Å². The second-order valence-electron chi connectivity index (χ2n) is 6.30. The minimum Gasteiger partial charge on any atom is -0.391 e. The first-order chi connectivity index (χ1) is 13.2. The molecule has 6 heteroatoms. The van der Waals surface area contributed by atoms with Gasteiger partial charge in [0.05, 0.1) is 23.9 Å². The zero-order valence-corrected chi connectivity index (χ0v) is 14.8. The maximum Gasteiger partial charge on any atom is 0.162 e. The van der Waals surface area contributed by atoms with Crippen molar-refractivity contribution in [2.45, 2.75) is 19.1 Å². The van der Waals surface area contributed by atoms with Crippen LogP contribution in [0.2, 0.25) is 0 Å². The Labute approximate surface area is 157 Å². The van der Waals surface area contributed by atoms with Crippen molar-refractivity contribution in [3.63, 3.8) is 0 Å². The summed E-state index contributed by atoms with van der Waals surface area (Å²) in [5.74, 6) is 1.24. The predicted octanol–water partition coefficient (Wildman–Crippen LogP) is 3.62. The molecule has 1 unspecified atom stereocenters. The summed E-state index contributed by atoms with van der Waals surface area (Å²) in [5.41, 5.74) is 2.59. The van der Waals surface area contributed by atoms with Crippen molar-refractivity contribution in [2.24, 2.45) is 0 Å². The molecule has 0 aliphatic heterocycles. The van der Waals surface area contributed by atoms with Crippen LogP contribution in [0.25, 0.3) is 22.3 Å². The van der Waals surface area contributed by atoms with E-state index in [1.807, 2.05) is 48.5 Å². The number of nitrogens with one attached hydrogen (secondary N) is 1. The number of aromatic nitrogens is 4. The van der Waals surface area contributed by atoms with Crippen molar-refractivity contribution in [3.05, 3.63) is 78.9 Å². The molecule has 3 heterocycles. The molecule has 4 aromatic rings. The van der Waals surface area contributed by atoms with Crippen LogP contribution in [0.4, 0.5) is 5.82 Å². The fourth-order valence-electron chi connectivity index (χ4n) is 3.01. The molecule has 0 amide bonds. The highest BCUT2D eigenvalue weighted by Crippen LogP contribution is 2.28. The summed E-state index contributed by atoms with van der Waals surface area (Å²) < 4.78 is 0. The summed E-state index contributed by atoms with van der Waals surface area (Å²) >= 11 is 0. The molecule has 0 fully saturated rings. The maximum absolute atomic E-state index is 10.4. The van der Waals surface area contributed by atoms with E-state index in [9.17, 15) is 5.11 Å². The highest BCUT2D eigenvalue weighted by Gasteiger charge is 2.19. The highest BCUT2D eigenvalue weighted by atomic mass is 16.3. The lowest BCUT2D eigenvalue weighted by molar-refractivity contribution is 0.172. The van der Waals surface area contributed by atoms with Gasteiger partial charge in [0.15, 0.2) is 5.82 Å². The van der Waals surface area contributed by atoms with Gasteiger partial charge in [0.1, 0.15) is 5.82 Å². The number of pyridine rings is 2. The first-order valence-electron chi connectivity index (χ1n) is 8.74. The summed E-state index contributed by atoms with van der Waals surface area (Å²) in [6.07, 6.45) is 6.24. The molecule has 0 spiro atoms. The Hall–Kier alpha value is -3.38. The summed E-state index contributed by atoms with van der Waals surface area (Å²) in [6, 6.07) is 15.1. The standard InChI is InChI=1S/C21H19N5O/c1-14(27)19(15-5-3-2-4-6-15)25-21-17-9-12-23-13-18(17)24-20(26-21)16-7-10-22-11-8-16/h2-14,19,27H,1H3,(H,24,25,26)/t14-,19?/m0/s1. The van der Waals surface area contributed by atoms with Crippen molar-refractivity contribution in [1.29, 1.82) is 0 Å². The van der Waals surface area contributed by atoms with Crippen molar-refractivity contribution >= 4 is 16.7 Å². The molecule has 0 aliphatic rings. The Morgan fingerprint density at radius 1 is 0.889 bits per heavy atom. The molecule has 4 rings (SSSR count). The van der Waals surface area contributed by atoms with Gasteiger partial charge in [0.2, 0.25) is 0 Å². The molecule has 1 aromatic carbocycles. The quantitative estimate of drug-likeness (QED) is 0.567. The van der Waals surface area contributed by atoms with Crippen LogP contribution in [0.5, 0.6) is 0 Å². The van der Waals surface area contributed by atoms with E-state index in [1.165, 1.54) is 0 Å². The monoisotopic (exact) mass is 357 g/mol. The number of hydrogen-bond donors (Lipinski definition) is 2. The molecule has 0 saturated heterocycles. The average Bonchev–Trinajstić information content (AvgIpc) is 2.72. The van der Waals surface area contributed by atoms with Gasteiger partial charge in [-0.2, -0.15) is 0 Å². The predicted molar refractivity (Wildman–Crippen MR) is 105 cm³/mol. The minimum absolute atomic E-state index is 0.303. The van der Waals surface area contributed by atoms with Gasteiger partial charge in [-0.3, -0.25) is 9.97 Å². The van der Waals surface area contributed by atoms with Gasteiger partial charge in [-0.25, -0.2) is 9.97 Å². The lowest BCUT2D eigenvalue weighted by atomic mass is 10.0. The van der Waals surface area contributed by atoms with E-state index in [2.05, 4.69) is 20.3 Å². The largest absolute Gasteiger partial charge is 0.391 e. The second-order valence-corrected chi connectivity index (χ2v) is 6.30. The molecule has 0 aliphatic carbocycles. The molecular weight excluding hydrogens is 338 g/mol. The summed E-state index contributed by atoms with van der Waals surface area (Å²) in [6.45, 7) is 1.76. The lowest BCUT2D eigenvalue weighted by Gasteiger charge is -2.23. The van der Waals surface area contributed by atoms with Crippen molar-refractivity contribution in [2.75, 3.05) is 5.32 Å². The van der Waals surface area contributed by atoms with Gasteiger partial charge < -0.3 is 10.4 Å². The highest BCUT2D eigenvalue weighted by molar-refractivity contribution is 5.90. The third-order valence-electron chi connectivity index (χ3n) is 4.37. The zero-order chi connectivity index (χ0) is 18.6. The van der Waals surface area contributed by atoms with E-state index in [4.69, 9.17) is 4.98 Å². The molecule has 134 valence electrons. The number of benzene rings is 1. The van der Waals surface area contributed by atoms with E-state index >= 15 is 0 Å². The van der Waals surface area contributed by atoms with E-state index in [0.29, 0.717) is 11.6 Å². The SMILES string of the molecule is C[C@H](O)C(Nc1nc(-c2ccncc2)nc2cnccc12)c1ccccc1. The van der Waals surface area contributed by atoms with Crippen LogP contribution >= 0.6 is 0 Å². The van der Waals surface area contributed by atoms with E-state index in [1.54, 1.807) is 31.7 Å². The summed E-state index contributed by atoms with van der Waals surface area (Å²) in [4.78, 5) is 17.6. The Kier molecular flexibility index (Phi) is 4.72. The first kappa shape index (κ1) is 17.1. The van der Waals surface area contributed by atoms with Crippen LogP contribution in [-0.4, -0.2) is 31.1 Å². The third-order valence-corrected chi connectivity index (χ3v) is 4.37. The topological polar surface area (TPSA) is 83.8 Å². The Morgan fingerprint density at radius 2 is 1.63 bits per heavy atom. The molecule has 27 heavy (non-hydrogen) atoms. The second kappa shape index (κ2) is 7.47. The van der Waals surface area contributed by atoms with Gasteiger partial charge in [0, 0.05) is 29.5 Å². The number of hydrogen-bond acceptors (Lipinski definition) is 6. The molecule has 0 radical (unpaired) electrons. The van der Waals surface area contributed by atoms with E-state index in [0.717, 1.165) is 22.0 Å². The molecule has 2 N–H and O–H groups in total. The summed E-state index contributed by atoms with van der Waals surface area (Å²) in [7, 11) is 0. The smallest absolute Gasteiger partial charge is 0.162 e. The van der Waals surface area contributed by atoms with Crippen LogP contribution in [0.3, 0.4) is 0 Å². The van der Waals surface area contributed by atoms with E-state index in [-0.39, 0.29) is 6.04 Å². The number of anilines is 1. The van der Waals surface area contributed by atoms with Crippen LogP contribution in [0.15, 0.2) is 73.3 Å². The number of aliphatic hydroxyl groups excluding tert-OH is 1. The minimum atomic E-state index is -0.608. The first-order valence-corrected chi connectivity index (χ1v) is 8.74. The lowest BCUT2D eigenvalue weighted by Crippen LogP contribution is -2.23. The maximum atomic E-state index is 10.4. The van der Waals surface area contributed by atoms with Gasteiger partial charge in [-0.15, -0.1) is 0 Å². The van der Waals surface area contributed by atoms with Crippen LogP contribution < -0.4 is 5.32 Å². The zero-order valence-electron chi connectivity index (χ0n) is 14.8. The van der Waals surface area contributed by atoms with Gasteiger partial charge in [-0.1, -0.05) is 30.3 Å². The third kappa shape index (κ3) is 3.61. The van der Waals surface area contributed by atoms with Crippen LogP contribution in [-0.2, 0) is 0 Å². The molecule has 3 aromatic heterocycles. The molecule has 6 nitrogen and oxygen atoms in total. The number of rotatable bonds is 5. The van der Waals surface area contributed by atoms with Gasteiger partial charge in [-0.05, 0) is 30.7 Å². The Morgan fingerprint density at radius 3 is 2.37 bits per heavy atom. The number of nitrogens with zero attached hydrogens (tertiary/aromatic N) is 4. The normalized spacial score (nSPS) is 13.3. The average molecular weight is 357 g/mol. The fraction of sp³-hybridized carbons (Fsp3) is 0.143. The number of fused-ring (bicyclic) bond motifs is 1.